The summed E-state index contributed by atoms with van der Waals surface area (Å²) in [4.78, 5) is 0. The number of aromatic nitrogens is 2. The Morgan fingerprint density at radius 1 is 1.38 bits per heavy atom. The van der Waals surface area contributed by atoms with E-state index in [-0.39, 0.29) is 5.02 Å². The lowest BCUT2D eigenvalue weighted by atomic mass is 10.2. The summed E-state index contributed by atoms with van der Waals surface area (Å²) in [5.41, 5.74) is 2.88. The van der Waals surface area contributed by atoms with Crippen molar-refractivity contribution >= 4 is 11.6 Å². The summed E-state index contributed by atoms with van der Waals surface area (Å²) < 4.78 is 20.3. The highest BCUT2D eigenvalue weighted by atomic mass is 35.5. The number of hydrogen-bond acceptors (Lipinski definition) is 3. The number of rotatable bonds is 7. The Kier molecular flexibility index (Phi) is 5.73. The summed E-state index contributed by atoms with van der Waals surface area (Å²) in [6.45, 7) is 4.64. The van der Waals surface area contributed by atoms with Crippen LogP contribution in [0.1, 0.15) is 16.8 Å². The van der Waals surface area contributed by atoms with Gasteiger partial charge >= 0.3 is 0 Å². The van der Waals surface area contributed by atoms with Crippen LogP contribution in [-0.4, -0.2) is 30.0 Å². The molecule has 0 unspecified atom stereocenters. The van der Waals surface area contributed by atoms with Crippen LogP contribution in [0.15, 0.2) is 24.4 Å². The van der Waals surface area contributed by atoms with Crippen molar-refractivity contribution < 1.29 is 9.13 Å². The molecular formula is C15H19ClFN3O. The highest BCUT2D eigenvalue weighted by Crippen LogP contribution is 2.21. The van der Waals surface area contributed by atoms with Gasteiger partial charge in [-0.05, 0) is 18.6 Å². The van der Waals surface area contributed by atoms with Crippen molar-refractivity contribution in [3.8, 4) is 0 Å². The SMILES string of the molecule is COCCNCc1cnn(Cc2cccc(F)c2Cl)c1C. The highest BCUT2D eigenvalue weighted by Gasteiger charge is 2.10. The molecule has 4 nitrogen and oxygen atoms in total. The molecule has 114 valence electrons. The molecule has 2 aromatic rings. The normalized spacial score (nSPS) is 11.0. The van der Waals surface area contributed by atoms with Gasteiger partial charge in [-0.2, -0.15) is 5.10 Å². The maximum absolute atomic E-state index is 13.4. The van der Waals surface area contributed by atoms with Crippen LogP contribution < -0.4 is 5.32 Å². The van der Waals surface area contributed by atoms with Crippen LogP contribution in [0.25, 0.3) is 0 Å². The lowest BCUT2D eigenvalue weighted by molar-refractivity contribution is 0.199. The summed E-state index contributed by atoms with van der Waals surface area (Å²) in [5.74, 6) is -0.402. The van der Waals surface area contributed by atoms with Crippen LogP contribution in [0.4, 0.5) is 4.39 Å². The molecule has 2 rings (SSSR count). The monoisotopic (exact) mass is 311 g/mol. The predicted octanol–water partition coefficient (Wildman–Crippen LogP) is 2.77. The van der Waals surface area contributed by atoms with Crippen LogP contribution in [0.3, 0.4) is 0 Å². The average Bonchev–Trinajstić information content (AvgIpc) is 2.81. The van der Waals surface area contributed by atoms with Gasteiger partial charge in [0, 0.05) is 31.5 Å². The molecular weight excluding hydrogens is 293 g/mol. The molecule has 0 atom stereocenters. The molecule has 6 heteroatoms. The van der Waals surface area contributed by atoms with E-state index in [4.69, 9.17) is 16.3 Å². The number of nitrogens with zero attached hydrogens (tertiary/aromatic N) is 2. The number of halogens is 2. The van der Waals surface area contributed by atoms with Gasteiger partial charge in [-0.3, -0.25) is 4.68 Å². The Hall–Kier alpha value is -1.43. The molecule has 0 saturated heterocycles. The molecule has 0 fully saturated rings. The van der Waals surface area contributed by atoms with Crippen molar-refractivity contribution in [2.75, 3.05) is 20.3 Å². The molecule has 0 aliphatic rings. The lowest BCUT2D eigenvalue weighted by Crippen LogP contribution is -2.19. The van der Waals surface area contributed by atoms with E-state index in [9.17, 15) is 4.39 Å². The molecule has 1 N–H and O–H groups in total. The fourth-order valence-corrected chi connectivity index (χ4v) is 2.23. The molecule has 0 bridgehead atoms. The summed E-state index contributed by atoms with van der Waals surface area (Å²) in [5, 5.41) is 7.78. The van der Waals surface area contributed by atoms with Crippen LogP contribution in [-0.2, 0) is 17.8 Å². The average molecular weight is 312 g/mol. The summed E-state index contributed by atoms with van der Waals surface area (Å²) >= 11 is 5.98. The fourth-order valence-electron chi connectivity index (χ4n) is 2.05. The van der Waals surface area contributed by atoms with Crippen molar-refractivity contribution in [2.24, 2.45) is 0 Å². The van der Waals surface area contributed by atoms with Crippen LogP contribution in [0, 0.1) is 12.7 Å². The minimum atomic E-state index is -0.402. The third-order valence-electron chi connectivity index (χ3n) is 3.35. The van der Waals surface area contributed by atoms with E-state index >= 15 is 0 Å². The van der Waals surface area contributed by atoms with Gasteiger partial charge in [0.2, 0.25) is 0 Å². The topological polar surface area (TPSA) is 39.1 Å². The van der Waals surface area contributed by atoms with E-state index in [2.05, 4.69) is 10.4 Å². The van der Waals surface area contributed by atoms with E-state index in [0.29, 0.717) is 13.2 Å². The molecule has 0 amide bonds. The second-order valence-corrected chi connectivity index (χ2v) is 5.17. The largest absolute Gasteiger partial charge is 0.383 e. The van der Waals surface area contributed by atoms with Gasteiger partial charge in [0.15, 0.2) is 0 Å². The van der Waals surface area contributed by atoms with Crippen LogP contribution in [0.5, 0.6) is 0 Å². The van der Waals surface area contributed by atoms with Crippen molar-refractivity contribution in [3.05, 3.63) is 52.1 Å². The molecule has 1 aromatic carbocycles. The zero-order valence-corrected chi connectivity index (χ0v) is 13.0. The Morgan fingerprint density at radius 2 is 2.19 bits per heavy atom. The van der Waals surface area contributed by atoms with E-state index in [1.54, 1.807) is 13.2 Å². The fraction of sp³-hybridized carbons (Fsp3) is 0.400. The molecule has 1 heterocycles. The van der Waals surface area contributed by atoms with Crippen molar-refractivity contribution in [2.45, 2.75) is 20.0 Å². The van der Waals surface area contributed by atoms with Crippen LogP contribution >= 0.6 is 11.6 Å². The first-order valence-corrected chi connectivity index (χ1v) is 7.15. The Balaban J connectivity index is 2.04. The first-order valence-electron chi connectivity index (χ1n) is 6.77. The summed E-state index contributed by atoms with van der Waals surface area (Å²) in [7, 11) is 1.67. The molecule has 0 aliphatic carbocycles. The maximum Gasteiger partial charge on any atom is 0.142 e. The van der Waals surface area contributed by atoms with E-state index < -0.39 is 5.82 Å². The molecule has 0 saturated carbocycles. The molecule has 0 spiro atoms. The first kappa shape index (κ1) is 15.9. The van der Waals surface area contributed by atoms with Gasteiger partial charge in [0.25, 0.3) is 0 Å². The van der Waals surface area contributed by atoms with Gasteiger partial charge in [0.1, 0.15) is 5.82 Å². The number of nitrogens with one attached hydrogen (secondary N) is 1. The van der Waals surface area contributed by atoms with Crippen molar-refractivity contribution in [1.82, 2.24) is 15.1 Å². The number of methoxy groups -OCH3 is 1. The van der Waals surface area contributed by atoms with Gasteiger partial charge in [0.05, 0.1) is 24.4 Å². The van der Waals surface area contributed by atoms with E-state index in [0.717, 1.165) is 29.9 Å². The summed E-state index contributed by atoms with van der Waals surface area (Å²) in [6, 6.07) is 4.82. The highest BCUT2D eigenvalue weighted by molar-refractivity contribution is 6.31. The first-order chi connectivity index (χ1) is 10.1. The molecule has 21 heavy (non-hydrogen) atoms. The van der Waals surface area contributed by atoms with Crippen molar-refractivity contribution in [1.29, 1.82) is 0 Å². The quantitative estimate of drug-likeness (QED) is 0.799. The van der Waals surface area contributed by atoms with Gasteiger partial charge in [-0.25, -0.2) is 4.39 Å². The predicted molar refractivity (Wildman–Crippen MR) is 81.1 cm³/mol. The van der Waals surface area contributed by atoms with E-state index in [1.807, 2.05) is 23.9 Å². The number of hydrogen-bond donors (Lipinski definition) is 1. The van der Waals surface area contributed by atoms with E-state index in [1.165, 1.54) is 6.07 Å². The molecule has 0 aliphatic heterocycles. The second kappa shape index (κ2) is 7.54. The van der Waals surface area contributed by atoms with Crippen LogP contribution in [0.2, 0.25) is 5.02 Å². The van der Waals surface area contributed by atoms with Gasteiger partial charge in [-0.15, -0.1) is 0 Å². The third kappa shape index (κ3) is 4.03. The minimum Gasteiger partial charge on any atom is -0.383 e. The minimum absolute atomic E-state index is 0.159. The Labute approximate surface area is 128 Å². The lowest BCUT2D eigenvalue weighted by Gasteiger charge is -2.08. The molecule has 0 radical (unpaired) electrons. The van der Waals surface area contributed by atoms with Gasteiger partial charge in [-0.1, -0.05) is 23.7 Å². The summed E-state index contributed by atoms with van der Waals surface area (Å²) in [6.07, 6.45) is 1.82. The number of ether oxygens (including phenoxy) is 1. The Bertz CT molecular complexity index is 601. The second-order valence-electron chi connectivity index (χ2n) is 4.80. The molecule has 1 aromatic heterocycles. The third-order valence-corrected chi connectivity index (χ3v) is 3.78. The smallest absolute Gasteiger partial charge is 0.142 e. The standard InChI is InChI=1S/C15H19ClFN3O/c1-11-13(8-18-6-7-21-2)9-19-20(11)10-12-4-3-5-14(17)15(12)16/h3-5,9,18H,6-8,10H2,1-2H3. The van der Waals surface area contributed by atoms with Gasteiger partial charge < -0.3 is 10.1 Å². The zero-order valence-electron chi connectivity index (χ0n) is 12.2. The number of benzene rings is 1. The van der Waals surface area contributed by atoms with Crippen molar-refractivity contribution in [3.63, 3.8) is 0 Å². The maximum atomic E-state index is 13.4. The Morgan fingerprint density at radius 3 is 2.95 bits per heavy atom. The zero-order chi connectivity index (χ0) is 15.2.